The van der Waals surface area contributed by atoms with Crippen molar-refractivity contribution in [2.24, 2.45) is 0 Å². The van der Waals surface area contributed by atoms with Crippen LogP contribution in [0.2, 0.25) is 39.3 Å². The lowest BCUT2D eigenvalue weighted by atomic mass is 10.2. The van der Waals surface area contributed by atoms with Gasteiger partial charge in [0.1, 0.15) is 0 Å². The molecule has 0 bridgehead atoms. The van der Waals surface area contributed by atoms with Gasteiger partial charge in [0.15, 0.2) is 0 Å². The van der Waals surface area contributed by atoms with E-state index in [4.69, 9.17) is 0 Å². The van der Waals surface area contributed by atoms with Crippen LogP contribution in [0.4, 0.5) is 0 Å². The normalized spacial score (nSPS) is 15.9. The molecule has 4 heteroatoms. The molecule has 0 spiro atoms. The van der Waals surface area contributed by atoms with Crippen LogP contribution in [-0.2, 0) is 0 Å². The smallest absolute Gasteiger partial charge is 0.0652 e. The summed E-state index contributed by atoms with van der Waals surface area (Å²) in [4.78, 5) is 0. The minimum atomic E-state index is -1.15. The summed E-state index contributed by atoms with van der Waals surface area (Å²) in [6.45, 7) is 16.9. The minimum absolute atomic E-state index is 1.13. The van der Waals surface area contributed by atoms with E-state index in [1.54, 1.807) is 12.0 Å². The molecule has 0 heterocycles. The minimum Gasteiger partial charge on any atom is -0.0652 e. The number of allylic oxidation sites excluding steroid dienone is 2. The van der Waals surface area contributed by atoms with Gasteiger partial charge in [-0.05, 0) is 18.4 Å². The highest BCUT2D eigenvalue weighted by Gasteiger charge is 2.22. The summed E-state index contributed by atoms with van der Waals surface area (Å²) >= 11 is 5.17. The molecular formula is C13H26I2Si2. The second kappa shape index (κ2) is 7.23. The molecule has 0 N–H and O–H groups in total. The highest BCUT2D eigenvalue weighted by molar-refractivity contribution is 14.1. The van der Waals surface area contributed by atoms with Crippen LogP contribution in [0, 0.1) is 0 Å². The van der Waals surface area contributed by atoms with Crippen LogP contribution in [0.25, 0.3) is 0 Å². The van der Waals surface area contributed by atoms with Gasteiger partial charge in [-0.2, -0.15) is 0 Å². The summed E-state index contributed by atoms with van der Waals surface area (Å²) in [5.74, 6) is 0. The summed E-state index contributed by atoms with van der Waals surface area (Å²) in [5, 5.41) is 0. The molecule has 0 atom stereocenters. The topological polar surface area (TPSA) is 0 Å². The van der Waals surface area contributed by atoms with E-state index >= 15 is 0 Å². The second-order valence-corrected chi connectivity index (χ2v) is 20.9. The van der Waals surface area contributed by atoms with Gasteiger partial charge in [0.25, 0.3) is 0 Å². The second-order valence-electron chi connectivity index (χ2n) is 6.58. The van der Waals surface area contributed by atoms with Crippen molar-refractivity contribution >= 4 is 61.3 Å². The van der Waals surface area contributed by atoms with Gasteiger partial charge >= 0.3 is 0 Å². The molecule has 0 saturated heterocycles. The monoisotopic (exact) mass is 492 g/mol. The van der Waals surface area contributed by atoms with Crippen LogP contribution in [-0.4, -0.2) is 16.1 Å². The van der Waals surface area contributed by atoms with Gasteiger partial charge in [-0.1, -0.05) is 104 Å². The molecule has 0 unspecified atom stereocenters. The van der Waals surface area contributed by atoms with E-state index in [2.05, 4.69) is 97.5 Å². The van der Waals surface area contributed by atoms with Crippen LogP contribution in [0.1, 0.15) is 19.8 Å². The maximum atomic E-state index is 2.60. The number of rotatable bonds is 5. The van der Waals surface area contributed by atoms with E-state index in [1.165, 1.54) is 12.8 Å². The predicted octanol–water partition coefficient (Wildman–Crippen LogP) is 6.55. The van der Waals surface area contributed by atoms with E-state index in [0.29, 0.717) is 0 Å². The Balaban J connectivity index is 5.42. The highest BCUT2D eigenvalue weighted by atomic mass is 127. The average Bonchev–Trinajstić information content (AvgIpc) is 2.12. The first-order valence-corrected chi connectivity index (χ1v) is 15.4. The lowest BCUT2D eigenvalue weighted by Crippen LogP contribution is -2.23. The zero-order valence-corrected chi connectivity index (χ0v) is 18.6. The summed E-state index contributed by atoms with van der Waals surface area (Å²) in [6, 6.07) is 0. The van der Waals surface area contributed by atoms with E-state index in [9.17, 15) is 0 Å². The Labute approximate surface area is 137 Å². The third-order valence-electron chi connectivity index (χ3n) is 2.48. The Morgan fingerprint density at radius 1 is 0.941 bits per heavy atom. The Kier molecular flexibility index (Phi) is 7.82. The Bertz CT molecular complexity index is 317. The van der Waals surface area contributed by atoms with Crippen molar-refractivity contribution < 1.29 is 0 Å². The zero-order chi connectivity index (χ0) is 13.9. The zero-order valence-electron chi connectivity index (χ0n) is 12.2. The van der Waals surface area contributed by atoms with Crippen molar-refractivity contribution in [3.05, 3.63) is 18.1 Å². The summed E-state index contributed by atoms with van der Waals surface area (Å²) in [5.41, 5.74) is 1.61. The lowest BCUT2D eigenvalue weighted by molar-refractivity contribution is 0.927. The third-order valence-corrected chi connectivity index (χ3v) is 16.4. The average molecular weight is 492 g/mol. The quantitative estimate of drug-likeness (QED) is 0.232. The van der Waals surface area contributed by atoms with Crippen LogP contribution < -0.4 is 0 Å². The van der Waals surface area contributed by atoms with Crippen molar-refractivity contribution in [3.63, 3.8) is 0 Å². The number of hydrogen-bond acceptors (Lipinski definition) is 0. The molecule has 0 aromatic heterocycles. The molecular weight excluding hydrogens is 466 g/mol. The summed E-state index contributed by atoms with van der Waals surface area (Å²) < 4.78 is 3.26. The molecule has 0 aliphatic heterocycles. The molecule has 0 radical (unpaired) electrons. The van der Waals surface area contributed by atoms with Gasteiger partial charge in [0.2, 0.25) is 0 Å². The highest BCUT2D eigenvalue weighted by Crippen LogP contribution is 2.31. The van der Waals surface area contributed by atoms with Crippen molar-refractivity contribution in [2.75, 3.05) is 0 Å². The number of halogens is 2. The van der Waals surface area contributed by atoms with Gasteiger partial charge in [-0.25, -0.2) is 0 Å². The third kappa shape index (κ3) is 6.91. The summed E-state index contributed by atoms with van der Waals surface area (Å²) in [7, 11) is -2.28. The lowest BCUT2D eigenvalue weighted by Gasteiger charge is -2.21. The fourth-order valence-electron chi connectivity index (χ4n) is 1.37. The standard InChI is InChI=1S/C13H26I2Si2/c1-8-9-11(13(15)17(5,6)7)10-12(14)16(2,3)4/h10H,8-9H2,1-7H3/b12-10+,13-11+. The van der Waals surface area contributed by atoms with Crippen LogP contribution in [0.5, 0.6) is 0 Å². The van der Waals surface area contributed by atoms with Crippen molar-refractivity contribution in [2.45, 2.75) is 59.0 Å². The fourth-order valence-corrected chi connectivity index (χ4v) is 3.93. The van der Waals surface area contributed by atoms with Crippen molar-refractivity contribution in [1.82, 2.24) is 0 Å². The van der Waals surface area contributed by atoms with E-state index in [0.717, 1.165) is 0 Å². The van der Waals surface area contributed by atoms with Gasteiger partial charge < -0.3 is 0 Å². The molecule has 0 fully saturated rings. The molecule has 0 aliphatic carbocycles. The summed E-state index contributed by atoms with van der Waals surface area (Å²) in [6.07, 6.45) is 4.98. The molecule has 0 saturated carbocycles. The molecule has 100 valence electrons. The molecule has 0 rings (SSSR count). The Morgan fingerprint density at radius 3 is 1.71 bits per heavy atom. The number of hydrogen-bond donors (Lipinski definition) is 0. The first-order valence-electron chi connectivity index (χ1n) is 6.27. The maximum absolute atomic E-state index is 2.60. The van der Waals surface area contributed by atoms with E-state index < -0.39 is 16.1 Å². The van der Waals surface area contributed by atoms with Gasteiger partial charge in [0, 0.05) is 0 Å². The SMILES string of the molecule is CCCC(/C=C(\I)[Si](C)(C)C)=C(/I)[Si](C)(C)C. The molecule has 0 aromatic rings. The van der Waals surface area contributed by atoms with Gasteiger partial charge in [0.05, 0.1) is 16.1 Å². The molecule has 0 aromatic carbocycles. The van der Waals surface area contributed by atoms with Crippen molar-refractivity contribution in [3.8, 4) is 0 Å². The Morgan fingerprint density at radius 2 is 1.41 bits per heavy atom. The van der Waals surface area contributed by atoms with Gasteiger partial charge in [-0.3, -0.25) is 0 Å². The van der Waals surface area contributed by atoms with Crippen LogP contribution >= 0.6 is 45.2 Å². The van der Waals surface area contributed by atoms with E-state index in [-0.39, 0.29) is 0 Å². The van der Waals surface area contributed by atoms with Crippen LogP contribution in [0.3, 0.4) is 0 Å². The predicted molar refractivity (Wildman–Crippen MR) is 105 cm³/mol. The fraction of sp³-hybridized carbons (Fsp3) is 0.692. The van der Waals surface area contributed by atoms with Gasteiger partial charge in [-0.15, -0.1) is 0 Å². The molecule has 17 heavy (non-hydrogen) atoms. The molecule has 0 nitrogen and oxygen atoms in total. The first kappa shape index (κ1) is 18.4. The van der Waals surface area contributed by atoms with E-state index in [1.807, 2.05) is 0 Å². The van der Waals surface area contributed by atoms with Crippen LogP contribution in [0.15, 0.2) is 18.1 Å². The first-order chi connectivity index (χ1) is 7.50. The van der Waals surface area contributed by atoms with Crippen molar-refractivity contribution in [1.29, 1.82) is 0 Å². The maximum Gasteiger partial charge on any atom is 0.0858 e. The molecule has 0 amide bonds. The largest absolute Gasteiger partial charge is 0.0858 e. The Hall–Kier alpha value is 1.37. The molecule has 0 aliphatic rings.